The van der Waals surface area contributed by atoms with Crippen molar-refractivity contribution in [1.29, 1.82) is 0 Å². The van der Waals surface area contributed by atoms with Gasteiger partial charge in [0.25, 0.3) is 11.8 Å². The van der Waals surface area contributed by atoms with Gasteiger partial charge < -0.3 is 14.2 Å². The van der Waals surface area contributed by atoms with Gasteiger partial charge in [0.2, 0.25) is 0 Å². The number of carbonyl (C=O) groups is 2. The van der Waals surface area contributed by atoms with Crippen LogP contribution in [-0.2, 0) is 4.79 Å². The Morgan fingerprint density at radius 3 is 2.37 bits per heavy atom. The number of methoxy groups -OCH3 is 1. The standard InChI is InChI=1S/C19H21BrN2O5/c1-12(2)27-15-9-8-13(10-14(15)20)19(24)22-21-18(23)11-26-17-7-5-4-6-16(17)25-3/h4-10,12H,11H2,1-3H3,(H,21,23)(H,22,24). The number of rotatable bonds is 7. The fraction of sp³-hybridized carbons (Fsp3) is 0.263. The van der Waals surface area contributed by atoms with Gasteiger partial charge in [-0.05, 0) is 60.1 Å². The van der Waals surface area contributed by atoms with Gasteiger partial charge in [-0.1, -0.05) is 12.1 Å². The van der Waals surface area contributed by atoms with E-state index in [-0.39, 0.29) is 12.7 Å². The molecule has 0 radical (unpaired) electrons. The molecule has 2 N–H and O–H groups in total. The summed E-state index contributed by atoms with van der Waals surface area (Å²) in [6.07, 6.45) is 0.0171. The molecule has 0 saturated heterocycles. The van der Waals surface area contributed by atoms with Crippen molar-refractivity contribution in [1.82, 2.24) is 10.9 Å². The van der Waals surface area contributed by atoms with Crippen LogP contribution >= 0.6 is 15.9 Å². The molecule has 7 nitrogen and oxygen atoms in total. The van der Waals surface area contributed by atoms with E-state index in [1.807, 2.05) is 13.8 Å². The Morgan fingerprint density at radius 2 is 1.74 bits per heavy atom. The topological polar surface area (TPSA) is 85.9 Å². The van der Waals surface area contributed by atoms with Gasteiger partial charge in [-0.15, -0.1) is 0 Å². The van der Waals surface area contributed by atoms with E-state index in [4.69, 9.17) is 14.2 Å². The van der Waals surface area contributed by atoms with Crippen molar-refractivity contribution in [2.75, 3.05) is 13.7 Å². The van der Waals surface area contributed by atoms with Gasteiger partial charge in [0.05, 0.1) is 17.7 Å². The molecule has 144 valence electrons. The molecule has 0 aromatic heterocycles. The predicted octanol–water partition coefficient (Wildman–Crippen LogP) is 3.08. The van der Waals surface area contributed by atoms with E-state index in [2.05, 4.69) is 26.8 Å². The Balaban J connectivity index is 1.86. The lowest BCUT2D eigenvalue weighted by atomic mass is 10.2. The third kappa shape index (κ3) is 6.18. The summed E-state index contributed by atoms with van der Waals surface area (Å²) in [5.74, 6) is 0.621. The summed E-state index contributed by atoms with van der Waals surface area (Å²) in [6, 6.07) is 11.9. The molecule has 0 unspecified atom stereocenters. The lowest BCUT2D eigenvalue weighted by molar-refractivity contribution is -0.123. The van der Waals surface area contributed by atoms with Gasteiger partial charge in [-0.3, -0.25) is 20.4 Å². The summed E-state index contributed by atoms with van der Waals surface area (Å²) < 4.78 is 16.8. The monoisotopic (exact) mass is 436 g/mol. The van der Waals surface area contributed by atoms with E-state index in [9.17, 15) is 9.59 Å². The molecule has 0 aliphatic carbocycles. The maximum absolute atomic E-state index is 12.2. The highest BCUT2D eigenvalue weighted by atomic mass is 79.9. The Morgan fingerprint density at radius 1 is 1.04 bits per heavy atom. The van der Waals surface area contributed by atoms with E-state index in [1.165, 1.54) is 7.11 Å². The van der Waals surface area contributed by atoms with Gasteiger partial charge in [0.1, 0.15) is 5.75 Å². The van der Waals surface area contributed by atoms with Crippen LogP contribution in [0.1, 0.15) is 24.2 Å². The van der Waals surface area contributed by atoms with E-state index in [1.54, 1.807) is 42.5 Å². The van der Waals surface area contributed by atoms with Crippen LogP contribution in [0.5, 0.6) is 17.2 Å². The fourth-order valence-corrected chi connectivity index (χ4v) is 2.58. The maximum Gasteiger partial charge on any atom is 0.276 e. The summed E-state index contributed by atoms with van der Waals surface area (Å²) in [4.78, 5) is 24.0. The van der Waals surface area contributed by atoms with E-state index >= 15 is 0 Å². The highest BCUT2D eigenvalue weighted by Crippen LogP contribution is 2.27. The molecular formula is C19H21BrN2O5. The number of amides is 2. The minimum atomic E-state index is -0.506. The van der Waals surface area contributed by atoms with Crippen LogP contribution in [-0.4, -0.2) is 31.6 Å². The van der Waals surface area contributed by atoms with Crippen LogP contribution in [0.3, 0.4) is 0 Å². The third-order valence-corrected chi connectivity index (χ3v) is 3.92. The first kappa shape index (κ1) is 20.6. The zero-order chi connectivity index (χ0) is 19.8. The molecule has 0 aliphatic rings. The second-order valence-electron chi connectivity index (χ2n) is 5.75. The van der Waals surface area contributed by atoms with Crippen LogP contribution in [0.25, 0.3) is 0 Å². The van der Waals surface area contributed by atoms with E-state index in [0.29, 0.717) is 27.3 Å². The first-order valence-electron chi connectivity index (χ1n) is 8.22. The molecule has 0 spiro atoms. The summed E-state index contributed by atoms with van der Waals surface area (Å²) in [7, 11) is 1.51. The van der Waals surface area contributed by atoms with Gasteiger partial charge in [-0.2, -0.15) is 0 Å². The summed E-state index contributed by atoms with van der Waals surface area (Å²) in [5, 5.41) is 0. The van der Waals surface area contributed by atoms with Crippen LogP contribution in [0.15, 0.2) is 46.9 Å². The molecule has 0 fully saturated rings. The van der Waals surface area contributed by atoms with Gasteiger partial charge >= 0.3 is 0 Å². The lowest BCUT2D eigenvalue weighted by Gasteiger charge is -2.13. The number of nitrogens with one attached hydrogen (secondary N) is 2. The second kappa shape index (κ2) is 9.82. The average Bonchev–Trinajstić information content (AvgIpc) is 2.65. The molecule has 2 aromatic carbocycles. The number of ether oxygens (including phenoxy) is 3. The number of hydrazine groups is 1. The molecule has 0 atom stereocenters. The maximum atomic E-state index is 12.2. The molecular weight excluding hydrogens is 416 g/mol. The lowest BCUT2D eigenvalue weighted by Crippen LogP contribution is -2.43. The summed E-state index contributed by atoms with van der Waals surface area (Å²) in [6.45, 7) is 3.55. The molecule has 2 rings (SSSR count). The van der Waals surface area contributed by atoms with E-state index in [0.717, 1.165) is 0 Å². The number of para-hydroxylation sites is 2. The number of carbonyl (C=O) groups excluding carboxylic acids is 2. The minimum Gasteiger partial charge on any atom is -0.493 e. The smallest absolute Gasteiger partial charge is 0.276 e. The number of benzene rings is 2. The largest absolute Gasteiger partial charge is 0.493 e. The van der Waals surface area contributed by atoms with Crippen LogP contribution < -0.4 is 25.1 Å². The highest BCUT2D eigenvalue weighted by Gasteiger charge is 2.12. The predicted molar refractivity (Wildman–Crippen MR) is 104 cm³/mol. The zero-order valence-electron chi connectivity index (χ0n) is 15.2. The molecule has 0 aliphatic heterocycles. The molecule has 8 heteroatoms. The number of halogens is 1. The molecule has 0 bridgehead atoms. The van der Waals surface area contributed by atoms with Crippen molar-refractivity contribution in [3.63, 3.8) is 0 Å². The van der Waals surface area contributed by atoms with Crippen molar-refractivity contribution in [2.45, 2.75) is 20.0 Å². The van der Waals surface area contributed by atoms with Crippen molar-refractivity contribution in [3.05, 3.63) is 52.5 Å². The van der Waals surface area contributed by atoms with Gasteiger partial charge in [0.15, 0.2) is 18.1 Å². The zero-order valence-corrected chi connectivity index (χ0v) is 16.8. The average molecular weight is 437 g/mol. The summed E-state index contributed by atoms with van der Waals surface area (Å²) in [5.41, 5.74) is 5.01. The molecule has 0 saturated carbocycles. The van der Waals surface area contributed by atoms with Crippen molar-refractivity contribution >= 4 is 27.7 Å². The van der Waals surface area contributed by atoms with Crippen molar-refractivity contribution in [3.8, 4) is 17.2 Å². The van der Waals surface area contributed by atoms with Crippen LogP contribution in [0, 0.1) is 0 Å². The summed E-state index contributed by atoms with van der Waals surface area (Å²) >= 11 is 3.36. The quantitative estimate of drug-likeness (QED) is 0.651. The first-order chi connectivity index (χ1) is 12.9. The Hall–Kier alpha value is -2.74. The third-order valence-electron chi connectivity index (χ3n) is 3.30. The molecule has 27 heavy (non-hydrogen) atoms. The fourth-order valence-electron chi connectivity index (χ4n) is 2.11. The van der Waals surface area contributed by atoms with Gasteiger partial charge in [-0.25, -0.2) is 0 Å². The van der Waals surface area contributed by atoms with Crippen molar-refractivity contribution < 1.29 is 23.8 Å². The number of hydrogen-bond acceptors (Lipinski definition) is 5. The van der Waals surface area contributed by atoms with Crippen LogP contribution in [0.4, 0.5) is 0 Å². The molecule has 0 heterocycles. The second-order valence-corrected chi connectivity index (χ2v) is 6.61. The minimum absolute atomic E-state index is 0.0171. The SMILES string of the molecule is COc1ccccc1OCC(=O)NNC(=O)c1ccc(OC(C)C)c(Br)c1. The van der Waals surface area contributed by atoms with Crippen molar-refractivity contribution in [2.24, 2.45) is 0 Å². The highest BCUT2D eigenvalue weighted by molar-refractivity contribution is 9.10. The molecule has 2 amide bonds. The van der Waals surface area contributed by atoms with Crippen LogP contribution in [0.2, 0.25) is 0 Å². The Kier molecular flexibility index (Phi) is 7.48. The molecule has 2 aromatic rings. The van der Waals surface area contributed by atoms with Gasteiger partial charge in [0, 0.05) is 5.56 Å². The normalized spacial score (nSPS) is 10.3. The first-order valence-corrected chi connectivity index (χ1v) is 9.01. The van der Waals surface area contributed by atoms with E-state index < -0.39 is 11.8 Å². The Labute approximate surface area is 166 Å². The number of hydrogen-bond donors (Lipinski definition) is 2. The Bertz CT molecular complexity index is 810.